The first-order valence-electron chi connectivity index (χ1n) is 10.6. The maximum Gasteiger partial charge on any atom is 0.433 e. The minimum atomic E-state index is -4.75. The molecule has 2 saturated heterocycles. The van der Waals surface area contributed by atoms with E-state index in [-0.39, 0.29) is 28.1 Å². The second kappa shape index (κ2) is 7.77. The Morgan fingerprint density at radius 2 is 1.97 bits per heavy atom. The number of hydrogen-bond acceptors (Lipinski definition) is 7. The average molecular weight is 529 g/mol. The van der Waals surface area contributed by atoms with E-state index in [1.54, 1.807) is 0 Å². The van der Waals surface area contributed by atoms with E-state index in [2.05, 4.69) is 9.97 Å². The summed E-state index contributed by atoms with van der Waals surface area (Å²) in [6, 6.07) is 3.33. The summed E-state index contributed by atoms with van der Waals surface area (Å²) >= 11 is 6.46. The van der Waals surface area contributed by atoms with E-state index in [0.717, 1.165) is 24.4 Å². The predicted octanol–water partition coefficient (Wildman–Crippen LogP) is 3.93. The molecule has 0 N–H and O–H groups in total. The average Bonchev–Trinajstić information content (AvgIpc) is 3.15. The Labute approximate surface area is 203 Å². The number of nitrogens with zero attached hydrogens (tertiary/aromatic N) is 4. The SMILES string of the molecule is O=c1nc(OCc2cc(F)c(Oc3ccnc(C(F)(F)F)c3)c(F)c2)c(Cl)c2n1CC13COC1CN23. The summed E-state index contributed by atoms with van der Waals surface area (Å²) < 4.78 is 85.1. The van der Waals surface area contributed by atoms with Gasteiger partial charge in [0, 0.05) is 18.8 Å². The molecule has 188 valence electrons. The lowest BCUT2D eigenvalue weighted by atomic mass is 9.79. The molecule has 2 atom stereocenters. The number of alkyl halides is 3. The van der Waals surface area contributed by atoms with Crippen LogP contribution in [0.15, 0.2) is 35.3 Å². The number of hydrogen-bond donors (Lipinski definition) is 0. The maximum absolute atomic E-state index is 14.6. The molecule has 2 fully saturated rings. The lowest BCUT2D eigenvalue weighted by molar-refractivity contribution is -0.174. The Kier molecular flexibility index (Phi) is 4.96. The van der Waals surface area contributed by atoms with Crippen LogP contribution in [0.5, 0.6) is 17.4 Å². The van der Waals surface area contributed by atoms with Crippen LogP contribution < -0.4 is 20.1 Å². The van der Waals surface area contributed by atoms with Gasteiger partial charge in [-0.05, 0) is 23.8 Å². The topological polar surface area (TPSA) is 78.7 Å². The largest absolute Gasteiger partial charge is 0.472 e. The number of rotatable bonds is 5. The second-order valence-electron chi connectivity index (χ2n) is 8.59. The van der Waals surface area contributed by atoms with E-state index in [4.69, 9.17) is 25.8 Å². The van der Waals surface area contributed by atoms with Crippen LogP contribution in [-0.4, -0.2) is 39.3 Å². The highest BCUT2D eigenvalue weighted by Gasteiger charge is 2.66. The Bertz CT molecular complexity index is 1440. The van der Waals surface area contributed by atoms with Gasteiger partial charge >= 0.3 is 11.9 Å². The van der Waals surface area contributed by atoms with Gasteiger partial charge in [0.05, 0.1) is 13.2 Å². The molecular weight excluding hydrogens is 515 g/mol. The summed E-state index contributed by atoms with van der Waals surface area (Å²) in [6.45, 7) is 1.05. The van der Waals surface area contributed by atoms with Gasteiger partial charge in [-0.1, -0.05) is 11.6 Å². The van der Waals surface area contributed by atoms with Crippen molar-refractivity contribution in [2.75, 3.05) is 18.1 Å². The van der Waals surface area contributed by atoms with Crippen molar-refractivity contribution in [2.45, 2.75) is 31.0 Å². The van der Waals surface area contributed by atoms with Crippen molar-refractivity contribution < 1.29 is 36.2 Å². The van der Waals surface area contributed by atoms with Gasteiger partial charge in [0.2, 0.25) is 5.88 Å². The fourth-order valence-electron chi connectivity index (χ4n) is 4.60. The van der Waals surface area contributed by atoms with E-state index in [1.807, 2.05) is 4.90 Å². The van der Waals surface area contributed by atoms with Crippen molar-refractivity contribution in [3.63, 3.8) is 0 Å². The van der Waals surface area contributed by atoms with Gasteiger partial charge in [-0.2, -0.15) is 18.2 Å². The van der Waals surface area contributed by atoms with Gasteiger partial charge in [-0.25, -0.2) is 13.6 Å². The molecule has 3 aromatic rings. The molecule has 0 bridgehead atoms. The van der Waals surface area contributed by atoms with E-state index in [0.29, 0.717) is 31.6 Å². The fraction of sp³-hybridized carbons (Fsp3) is 0.318. The summed E-state index contributed by atoms with van der Waals surface area (Å²) in [4.78, 5) is 21.5. The molecule has 0 radical (unpaired) electrons. The first-order valence-corrected chi connectivity index (χ1v) is 11.0. The molecule has 2 unspecified atom stereocenters. The number of ether oxygens (including phenoxy) is 3. The summed E-state index contributed by atoms with van der Waals surface area (Å²) in [5.41, 5.74) is -2.14. The standard InChI is InChI=1S/C22H14ClF5N4O4/c23-16-18(30-20(33)31-8-21-9-35-15(21)6-32(21)19(16)31)34-7-10-3-12(24)17(13(25)4-10)36-11-1-2-29-14(5-11)22(26,27)28/h1-5,15H,6-9H2. The van der Waals surface area contributed by atoms with Crippen molar-refractivity contribution in [1.29, 1.82) is 0 Å². The monoisotopic (exact) mass is 528 g/mol. The van der Waals surface area contributed by atoms with Gasteiger partial charge in [-0.3, -0.25) is 9.55 Å². The maximum atomic E-state index is 14.6. The van der Waals surface area contributed by atoms with Crippen molar-refractivity contribution in [1.82, 2.24) is 14.5 Å². The van der Waals surface area contributed by atoms with Crippen molar-refractivity contribution in [3.8, 4) is 17.4 Å². The summed E-state index contributed by atoms with van der Waals surface area (Å²) in [5.74, 6) is -3.42. The Hall–Kier alpha value is -3.45. The van der Waals surface area contributed by atoms with Crippen molar-refractivity contribution >= 4 is 17.4 Å². The van der Waals surface area contributed by atoms with Crippen LogP contribution >= 0.6 is 11.6 Å². The zero-order valence-electron chi connectivity index (χ0n) is 18.0. The number of benzene rings is 1. The third-order valence-electron chi connectivity index (χ3n) is 6.45. The number of halogens is 6. The zero-order valence-corrected chi connectivity index (χ0v) is 18.7. The lowest BCUT2D eigenvalue weighted by Gasteiger charge is -2.61. The highest BCUT2D eigenvalue weighted by molar-refractivity contribution is 6.34. The molecule has 14 heteroatoms. The van der Waals surface area contributed by atoms with Crippen LogP contribution in [-0.2, 0) is 24.1 Å². The molecule has 3 aliphatic rings. The first kappa shape index (κ1) is 23.0. The molecular formula is C22H14ClF5N4O4. The summed E-state index contributed by atoms with van der Waals surface area (Å²) in [6.07, 6.45) is -3.92. The first-order chi connectivity index (χ1) is 17.1. The van der Waals surface area contributed by atoms with E-state index >= 15 is 0 Å². The molecule has 36 heavy (non-hydrogen) atoms. The summed E-state index contributed by atoms with van der Waals surface area (Å²) in [5, 5.41) is 0.0934. The Balaban J connectivity index is 1.21. The number of aromatic nitrogens is 3. The number of fused-ring (bicyclic) bond motifs is 2. The van der Waals surface area contributed by atoms with Crippen molar-refractivity contribution in [2.24, 2.45) is 0 Å². The summed E-state index contributed by atoms with van der Waals surface area (Å²) in [7, 11) is 0. The van der Waals surface area contributed by atoms with Crippen LogP contribution in [0.4, 0.5) is 27.8 Å². The molecule has 6 rings (SSSR count). The predicted molar refractivity (Wildman–Crippen MR) is 113 cm³/mol. The molecule has 0 saturated carbocycles. The lowest BCUT2D eigenvalue weighted by Crippen LogP contribution is -2.80. The van der Waals surface area contributed by atoms with Crippen LogP contribution in [0.25, 0.3) is 0 Å². The smallest absolute Gasteiger partial charge is 0.433 e. The van der Waals surface area contributed by atoms with Gasteiger partial charge < -0.3 is 19.1 Å². The highest BCUT2D eigenvalue weighted by atomic mass is 35.5. The van der Waals surface area contributed by atoms with E-state index in [1.165, 1.54) is 4.57 Å². The van der Waals surface area contributed by atoms with Gasteiger partial charge in [0.1, 0.15) is 40.5 Å². The highest BCUT2D eigenvalue weighted by Crippen LogP contribution is 2.52. The molecule has 0 amide bonds. The minimum absolute atomic E-state index is 0.00871. The molecule has 5 heterocycles. The Morgan fingerprint density at radius 1 is 1.22 bits per heavy atom. The fourth-order valence-corrected chi connectivity index (χ4v) is 4.90. The number of pyridine rings is 1. The van der Waals surface area contributed by atoms with Crippen molar-refractivity contribution in [3.05, 3.63) is 68.9 Å². The van der Waals surface area contributed by atoms with E-state index in [9.17, 15) is 26.7 Å². The second-order valence-corrected chi connectivity index (χ2v) is 8.97. The van der Waals surface area contributed by atoms with Crippen LogP contribution in [0.3, 0.4) is 0 Å². The number of morpholine rings is 1. The molecule has 0 aliphatic carbocycles. The minimum Gasteiger partial charge on any atom is -0.472 e. The number of anilines is 1. The van der Waals surface area contributed by atoms with Crippen LogP contribution in [0.1, 0.15) is 11.3 Å². The van der Waals surface area contributed by atoms with Gasteiger partial charge in [-0.15, -0.1) is 0 Å². The van der Waals surface area contributed by atoms with Gasteiger partial charge in [0.15, 0.2) is 17.4 Å². The molecule has 2 aromatic heterocycles. The normalized spacial score (nSPS) is 21.7. The molecule has 1 aromatic carbocycles. The van der Waals surface area contributed by atoms with Crippen LogP contribution in [0.2, 0.25) is 5.02 Å². The third kappa shape index (κ3) is 3.40. The van der Waals surface area contributed by atoms with E-state index < -0.39 is 47.3 Å². The van der Waals surface area contributed by atoms with Crippen LogP contribution in [0, 0.1) is 11.6 Å². The third-order valence-corrected chi connectivity index (χ3v) is 6.78. The molecule has 1 spiro atoms. The Morgan fingerprint density at radius 3 is 2.61 bits per heavy atom. The van der Waals surface area contributed by atoms with Gasteiger partial charge in [0.25, 0.3) is 0 Å². The quantitative estimate of drug-likeness (QED) is 0.464. The molecule has 3 aliphatic heterocycles. The molecule has 8 nitrogen and oxygen atoms in total. The zero-order chi connectivity index (χ0) is 25.4.